The van der Waals surface area contributed by atoms with Gasteiger partial charge in [0.1, 0.15) is 6.61 Å². The van der Waals surface area contributed by atoms with E-state index in [1.807, 2.05) is 68.5 Å². The van der Waals surface area contributed by atoms with Gasteiger partial charge in [0.05, 0.1) is 13.7 Å². The molecule has 31 heavy (non-hydrogen) atoms. The van der Waals surface area contributed by atoms with Crippen molar-refractivity contribution in [2.75, 3.05) is 20.3 Å². The Bertz CT molecular complexity index is 984. The molecule has 0 aromatic heterocycles. The molecule has 0 radical (unpaired) electrons. The van der Waals surface area contributed by atoms with Crippen molar-refractivity contribution in [1.29, 1.82) is 0 Å². The summed E-state index contributed by atoms with van der Waals surface area (Å²) in [6, 6.07) is 15.3. The van der Waals surface area contributed by atoms with Crippen LogP contribution in [0.5, 0.6) is 11.5 Å². The second-order valence-corrected chi connectivity index (χ2v) is 6.43. The minimum Gasteiger partial charge on any atom is -0.493 e. The van der Waals surface area contributed by atoms with E-state index in [9.17, 15) is 4.79 Å². The van der Waals surface area contributed by atoms with Gasteiger partial charge in [-0.1, -0.05) is 61.5 Å². The number of hydrogen-bond donors (Lipinski definition) is 0. The van der Waals surface area contributed by atoms with Crippen molar-refractivity contribution in [1.82, 2.24) is 0 Å². The van der Waals surface area contributed by atoms with Gasteiger partial charge in [0, 0.05) is 11.1 Å². The maximum Gasteiger partial charge on any atom is 0.357 e. The number of carbonyl (C=O) groups is 1. The summed E-state index contributed by atoms with van der Waals surface area (Å²) in [5, 5.41) is 0. The summed E-state index contributed by atoms with van der Waals surface area (Å²) in [5.41, 5.74) is 2.70. The standard InChI is InChI=1S/C26H29NO4/c1-5-8-17-31-25-22(15-12-16-24(25)29-4)18-23(26(28)30-7-3)27-19-20(6-2)21-13-10-9-11-14-21/h5,8-16,18H,6-7,17H2,1-4H3/b8-5+,23-18-. The first-order valence-corrected chi connectivity index (χ1v) is 10.3. The van der Waals surface area contributed by atoms with Gasteiger partial charge in [-0.15, -0.1) is 0 Å². The van der Waals surface area contributed by atoms with Gasteiger partial charge in [0.2, 0.25) is 0 Å². The highest BCUT2D eigenvalue weighted by molar-refractivity contribution is 5.98. The second-order valence-electron chi connectivity index (χ2n) is 6.43. The van der Waals surface area contributed by atoms with E-state index in [0.717, 1.165) is 17.6 Å². The van der Waals surface area contributed by atoms with Crippen molar-refractivity contribution in [2.24, 2.45) is 4.99 Å². The molecule has 0 saturated carbocycles. The van der Waals surface area contributed by atoms with Gasteiger partial charge in [-0.05, 0) is 43.8 Å². The molecule has 0 fully saturated rings. The van der Waals surface area contributed by atoms with Gasteiger partial charge < -0.3 is 14.2 Å². The summed E-state index contributed by atoms with van der Waals surface area (Å²) in [4.78, 5) is 17.0. The highest BCUT2D eigenvalue weighted by atomic mass is 16.5. The Morgan fingerprint density at radius 2 is 1.87 bits per heavy atom. The predicted molar refractivity (Wildman–Crippen MR) is 125 cm³/mol. The number of methoxy groups -OCH3 is 1. The Balaban J connectivity index is 2.56. The monoisotopic (exact) mass is 419 g/mol. The van der Waals surface area contributed by atoms with E-state index < -0.39 is 5.97 Å². The Kier molecular flexibility index (Phi) is 9.86. The topological polar surface area (TPSA) is 57.1 Å². The first kappa shape index (κ1) is 23.7. The minimum absolute atomic E-state index is 0.132. The molecule has 2 rings (SSSR count). The first-order chi connectivity index (χ1) is 15.1. The first-order valence-electron chi connectivity index (χ1n) is 10.3. The van der Waals surface area contributed by atoms with Crippen LogP contribution in [0.1, 0.15) is 38.3 Å². The van der Waals surface area contributed by atoms with Gasteiger partial charge >= 0.3 is 5.97 Å². The molecule has 0 unspecified atom stereocenters. The van der Waals surface area contributed by atoms with Gasteiger partial charge in [-0.25, -0.2) is 4.79 Å². The van der Waals surface area contributed by atoms with E-state index in [-0.39, 0.29) is 12.3 Å². The van der Waals surface area contributed by atoms with E-state index in [0.29, 0.717) is 23.7 Å². The Morgan fingerprint density at radius 1 is 1.10 bits per heavy atom. The fourth-order valence-electron chi connectivity index (χ4n) is 2.79. The lowest BCUT2D eigenvalue weighted by Gasteiger charge is -2.12. The lowest BCUT2D eigenvalue weighted by Crippen LogP contribution is -2.06. The summed E-state index contributed by atoms with van der Waals surface area (Å²) in [7, 11) is 1.58. The van der Waals surface area contributed by atoms with E-state index in [4.69, 9.17) is 14.2 Å². The number of hydrogen-bond acceptors (Lipinski definition) is 5. The highest BCUT2D eigenvalue weighted by Crippen LogP contribution is 2.33. The molecular formula is C26H29NO4. The summed E-state index contributed by atoms with van der Waals surface area (Å²) < 4.78 is 16.5. The molecule has 0 N–H and O–H groups in total. The average Bonchev–Trinajstić information content (AvgIpc) is 2.80. The molecule has 5 heteroatoms. The molecule has 5 nitrogen and oxygen atoms in total. The minimum atomic E-state index is -0.527. The van der Waals surface area contributed by atoms with Crippen LogP contribution in [0.3, 0.4) is 0 Å². The van der Waals surface area contributed by atoms with Crippen molar-refractivity contribution in [3.63, 3.8) is 0 Å². The number of nitrogens with zero attached hydrogens (tertiary/aromatic N) is 1. The number of esters is 1. The van der Waals surface area contributed by atoms with Gasteiger partial charge in [-0.2, -0.15) is 4.99 Å². The summed E-state index contributed by atoms with van der Waals surface area (Å²) in [5.74, 6) is 3.61. The van der Waals surface area contributed by atoms with Crippen LogP contribution in [0.2, 0.25) is 0 Å². The Hall–Kier alpha value is -3.56. The van der Waals surface area contributed by atoms with Crippen LogP contribution in [0.4, 0.5) is 0 Å². The average molecular weight is 420 g/mol. The normalized spacial score (nSPS) is 11.0. The van der Waals surface area contributed by atoms with Crippen molar-refractivity contribution in [3.8, 4) is 11.5 Å². The van der Waals surface area contributed by atoms with E-state index in [2.05, 4.69) is 10.9 Å². The zero-order valence-corrected chi connectivity index (χ0v) is 18.6. The maximum absolute atomic E-state index is 12.6. The van der Waals surface area contributed by atoms with Crippen LogP contribution in [-0.2, 0) is 9.53 Å². The zero-order chi connectivity index (χ0) is 22.5. The third-order valence-electron chi connectivity index (χ3n) is 4.35. The number of benzene rings is 2. The molecule has 0 amide bonds. The van der Waals surface area contributed by atoms with Crippen LogP contribution >= 0.6 is 0 Å². The van der Waals surface area contributed by atoms with Crippen LogP contribution < -0.4 is 9.47 Å². The third kappa shape index (κ3) is 7.02. The summed E-state index contributed by atoms with van der Waals surface area (Å²) in [6.07, 6.45) is 6.15. The number of rotatable bonds is 10. The SMILES string of the molecule is C/C=C/COc1c(/C=C(\N=C=C(CC)c2ccccc2)C(=O)OCC)cccc1OC. The largest absolute Gasteiger partial charge is 0.493 e. The molecule has 0 aliphatic carbocycles. The number of para-hydroxylation sites is 1. The molecule has 0 heterocycles. The summed E-state index contributed by atoms with van der Waals surface area (Å²) >= 11 is 0. The molecule has 0 aliphatic rings. The predicted octanol–water partition coefficient (Wildman–Crippen LogP) is 5.72. The van der Waals surface area contributed by atoms with Crippen LogP contribution in [0.25, 0.3) is 11.6 Å². The summed E-state index contributed by atoms with van der Waals surface area (Å²) in [6.45, 7) is 6.33. The van der Waals surface area contributed by atoms with Gasteiger partial charge in [0.25, 0.3) is 0 Å². The zero-order valence-electron chi connectivity index (χ0n) is 18.6. The van der Waals surface area contributed by atoms with Crippen molar-refractivity contribution < 1.29 is 19.0 Å². The number of allylic oxidation sites excluding steroid dienone is 2. The fourth-order valence-corrected chi connectivity index (χ4v) is 2.79. The smallest absolute Gasteiger partial charge is 0.357 e. The molecule has 2 aromatic carbocycles. The lowest BCUT2D eigenvalue weighted by molar-refractivity contribution is -0.138. The van der Waals surface area contributed by atoms with Crippen LogP contribution in [-0.4, -0.2) is 32.2 Å². The van der Waals surface area contributed by atoms with Crippen LogP contribution in [0, 0.1) is 0 Å². The van der Waals surface area contributed by atoms with E-state index in [1.165, 1.54) is 0 Å². The molecule has 0 bridgehead atoms. The third-order valence-corrected chi connectivity index (χ3v) is 4.35. The molecule has 2 aromatic rings. The molecular weight excluding hydrogens is 390 g/mol. The van der Waals surface area contributed by atoms with Gasteiger partial charge in [-0.3, -0.25) is 0 Å². The molecule has 162 valence electrons. The number of aliphatic imine (C=N–C) groups is 1. The number of carbonyl (C=O) groups excluding carboxylic acids is 1. The van der Waals surface area contributed by atoms with Crippen molar-refractivity contribution >= 4 is 23.5 Å². The van der Waals surface area contributed by atoms with Crippen LogP contribution in [0.15, 0.2) is 71.4 Å². The Labute approximate surface area is 184 Å². The quantitative estimate of drug-likeness (QED) is 0.214. The highest BCUT2D eigenvalue weighted by Gasteiger charge is 2.14. The molecule has 0 atom stereocenters. The molecule has 0 aliphatic heterocycles. The fraction of sp³-hybridized carbons (Fsp3) is 0.269. The van der Waals surface area contributed by atoms with E-state index in [1.54, 1.807) is 26.2 Å². The lowest BCUT2D eigenvalue weighted by atomic mass is 10.1. The van der Waals surface area contributed by atoms with Crippen molar-refractivity contribution in [3.05, 3.63) is 77.5 Å². The van der Waals surface area contributed by atoms with Gasteiger partial charge in [0.15, 0.2) is 17.2 Å². The molecule has 0 spiro atoms. The number of ether oxygens (including phenoxy) is 3. The van der Waals surface area contributed by atoms with E-state index >= 15 is 0 Å². The second kappa shape index (κ2) is 12.9. The molecule has 0 saturated heterocycles. The Morgan fingerprint density at radius 3 is 2.52 bits per heavy atom. The van der Waals surface area contributed by atoms with Crippen molar-refractivity contribution in [2.45, 2.75) is 27.2 Å². The maximum atomic E-state index is 12.6.